The summed E-state index contributed by atoms with van der Waals surface area (Å²) in [4.78, 5) is 11.3. The first kappa shape index (κ1) is 9.47. The topological polar surface area (TPSA) is 17.1 Å². The molecule has 0 aliphatic heterocycles. The summed E-state index contributed by atoms with van der Waals surface area (Å²) in [7, 11) is 0. The molecule has 0 aliphatic rings. The average Bonchev–Trinajstić information content (AvgIpc) is 2.15. The van der Waals surface area contributed by atoms with Crippen LogP contribution in [0, 0.1) is 18.2 Å². The Morgan fingerprint density at radius 2 is 2.00 bits per heavy atom. The van der Waals surface area contributed by atoms with E-state index in [1.54, 1.807) is 0 Å². The number of carbonyl (C=O) groups excluding carboxylic acids is 1. The number of halogens is 1. The molecule has 13 heavy (non-hydrogen) atoms. The summed E-state index contributed by atoms with van der Waals surface area (Å²) in [6.45, 7) is 0. The van der Waals surface area contributed by atoms with Crippen LogP contribution in [0.15, 0.2) is 24.3 Å². The average molecular weight is 176 g/mol. The second-order valence-electron chi connectivity index (χ2n) is 2.63. The van der Waals surface area contributed by atoms with Crippen LogP contribution in [-0.2, 0) is 0 Å². The van der Waals surface area contributed by atoms with E-state index in [4.69, 9.17) is 6.42 Å². The van der Waals surface area contributed by atoms with E-state index in [2.05, 4.69) is 5.92 Å². The van der Waals surface area contributed by atoms with Crippen LogP contribution in [0.1, 0.15) is 23.2 Å². The Bertz CT molecular complexity index is 332. The third-order valence-electron chi connectivity index (χ3n) is 1.66. The van der Waals surface area contributed by atoms with Gasteiger partial charge in [-0.1, -0.05) is 0 Å². The molecule has 1 aromatic rings. The van der Waals surface area contributed by atoms with Crippen molar-refractivity contribution >= 4 is 5.78 Å². The molecule has 1 nitrogen and oxygen atoms in total. The first-order valence-electron chi connectivity index (χ1n) is 3.96. The minimum Gasteiger partial charge on any atom is -0.294 e. The van der Waals surface area contributed by atoms with Gasteiger partial charge in [-0.15, -0.1) is 12.3 Å². The second kappa shape index (κ2) is 4.42. The molecule has 0 bridgehead atoms. The van der Waals surface area contributed by atoms with Gasteiger partial charge in [-0.2, -0.15) is 0 Å². The second-order valence-corrected chi connectivity index (χ2v) is 2.63. The molecular formula is C11H9FO. The van der Waals surface area contributed by atoms with Crippen molar-refractivity contribution in [1.82, 2.24) is 0 Å². The molecule has 0 aromatic heterocycles. The molecule has 0 N–H and O–H groups in total. The van der Waals surface area contributed by atoms with Crippen LogP contribution < -0.4 is 0 Å². The number of carbonyl (C=O) groups is 1. The van der Waals surface area contributed by atoms with Gasteiger partial charge >= 0.3 is 0 Å². The predicted octanol–water partition coefficient (Wildman–Crippen LogP) is 2.42. The lowest BCUT2D eigenvalue weighted by molar-refractivity contribution is 0.0984. The van der Waals surface area contributed by atoms with Gasteiger partial charge in [-0.25, -0.2) is 4.39 Å². The van der Waals surface area contributed by atoms with Crippen molar-refractivity contribution in [1.29, 1.82) is 0 Å². The number of Topliss-reactive ketones (excluding diaryl/α,β-unsaturated/α-hetero) is 1. The molecule has 66 valence electrons. The smallest absolute Gasteiger partial charge is 0.163 e. The zero-order valence-electron chi connectivity index (χ0n) is 7.09. The summed E-state index contributed by atoms with van der Waals surface area (Å²) in [5, 5.41) is 0. The van der Waals surface area contributed by atoms with Gasteiger partial charge in [0.25, 0.3) is 0 Å². The van der Waals surface area contributed by atoms with Gasteiger partial charge < -0.3 is 0 Å². The van der Waals surface area contributed by atoms with E-state index in [0.29, 0.717) is 18.4 Å². The van der Waals surface area contributed by atoms with Crippen molar-refractivity contribution in [2.24, 2.45) is 0 Å². The molecule has 0 unspecified atom stereocenters. The van der Waals surface area contributed by atoms with Crippen LogP contribution in [0.5, 0.6) is 0 Å². The molecule has 2 heteroatoms. The maximum absolute atomic E-state index is 12.5. The van der Waals surface area contributed by atoms with Crippen molar-refractivity contribution < 1.29 is 9.18 Å². The molecule has 0 saturated carbocycles. The molecule has 0 heterocycles. The van der Waals surface area contributed by atoms with E-state index in [1.807, 2.05) is 0 Å². The fourth-order valence-electron chi connectivity index (χ4n) is 0.966. The maximum Gasteiger partial charge on any atom is 0.163 e. The number of terminal acetylenes is 1. The zero-order chi connectivity index (χ0) is 9.68. The minimum atomic E-state index is -0.339. The van der Waals surface area contributed by atoms with Crippen LogP contribution in [0.2, 0.25) is 0 Å². The maximum atomic E-state index is 12.5. The van der Waals surface area contributed by atoms with Crippen LogP contribution in [-0.4, -0.2) is 5.78 Å². The highest BCUT2D eigenvalue weighted by Crippen LogP contribution is 2.06. The van der Waals surface area contributed by atoms with Crippen LogP contribution in [0.25, 0.3) is 0 Å². The molecule has 0 amide bonds. The third kappa shape index (κ3) is 2.72. The SMILES string of the molecule is C#CCCC(=O)c1ccc(F)cc1. The van der Waals surface area contributed by atoms with E-state index in [-0.39, 0.29) is 11.6 Å². The van der Waals surface area contributed by atoms with E-state index < -0.39 is 0 Å². The largest absolute Gasteiger partial charge is 0.294 e. The van der Waals surface area contributed by atoms with Crippen LogP contribution >= 0.6 is 0 Å². The van der Waals surface area contributed by atoms with Crippen LogP contribution in [0.4, 0.5) is 4.39 Å². The van der Waals surface area contributed by atoms with Crippen LogP contribution in [0.3, 0.4) is 0 Å². The summed E-state index contributed by atoms with van der Waals surface area (Å²) < 4.78 is 12.5. The number of benzene rings is 1. The highest BCUT2D eigenvalue weighted by Gasteiger charge is 2.03. The Morgan fingerprint density at radius 1 is 1.38 bits per heavy atom. The highest BCUT2D eigenvalue weighted by molar-refractivity contribution is 5.96. The molecule has 0 aliphatic carbocycles. The quantitative estimate of drug-likeness (QED) is 0.510. The van der Waals surface area contributed by atoms with Crippen molar-refractivity contribution in [3.63, 3.8) is 0 Å². The van der Waals surface area contributed by atoms with Gasteiger partial charge in [0, 0.05) is 18.4 Å². The number of hydrogen-bond donors (Lipinski definition) is 0. The van der Waals surface area contributed by atoms with Gasteiger partial charge in [-0.05, 0) is 24.3 Å². The molecule has 0 radical (unpaired) electrons. The summed E-state index contributed by atoms with van der Waals surface area (Å²) in [5.41, 5.74) is 0.511. The first-order chi connectivity index (χ1) is 6.24. The van der Waals surface area contributed by atoms with Crippen molar-refractivity contribution in [2.75, 3.05) is 0 Å². The standard InChI is InChI=1S/C11H9FO/c1-2-3-4-11(13)9-5-7-10(12)8-6-9/h1,5-8H,3-4H2. The summed E-state index contributed by atoms with van der Waals surface area (Å²) in [6.07, 6.45) is 5.77. The molecule has 1 aromatic carbocycles. The number of hydrogen-bond acceptors (Lipinski definition) is 1. The normalized spacial score (nSPS) is 9.23. The lowest BCUT2D eigenvalue weighted by atomic mass is 10.1. The minimum absolute atomic E-state index is 0.0436. The monoisotopic (exact) mass is 176 g/mol. The molecular weight excluding hydrogens is 167 g/mol. The molecule has 0 saturated heterocycles. The van der Waals surface area contributed by atoms with Crippen molar-refractivity contribution in [3.05, 3.63) is 35.6 Å². The Labute approximate surface area is 76.6 Å². The number of ketones is 1. The Morgan fingerprint density at radius 3 is 2.54 bits per heavy atom. The summed E-state index contributed by atoms with van der Waals surface area (Å²) in [6, 6.07) is 5.47. The van der Waals surface area contributed by atoms with E-state index in [0.717, 1.165) is 0 Å². The Kier molecular flexibility index (Phi) is 3.22. The third-order valence-corrected chi connectivity index (χ3v) is 1.66. The van der Waals surface area contributed by atoms with E-state index in [9.17, 15) is 9.18 Å². The summed E-state index contributed by atoms with van der Waals surface area (Å²) >= 11 is 0. The van der Waals surface area contributed by atoms with E-state index >= 15 is 0 Å². The van der Waals surface area contributed by atoms with Gasteiger partial charge in [0.1, 0.15) is 5.82 Å². The predicted molar refractivity (Wildman–Crippen MR) is 48.8 cm³/mol. The van der Waals surface area contributed by atoms with Gasteiger partial charge in [0.05, 0.1) is 0 Å². The van der Waals surface area contributed by atoms with Gasteiger partial charge in [-0.3, -0.25) is 4.79 Å². The molecule has 0 fully saturated rings. The molecule has 0 spiro atoms. The lowest BCUT2D eigenvalue weighted by Crippen LogP contribution is -1.97. The molecule has 0 atom stereocenters. The van der Waals surface area contributed by atoms with E-state index in [1.165, 1.54) is 24.3 Å². The first-order valence-corrected chi connectivity index (χ1v) is 3.96. The van der Waals surface area contributed by atoms with Crippen molar-refractivity contribution in [2.45, 2.75) is 12.8 Å². The zero-order valence-corrected chi connectivity index (χ0v) is 7.09. The van der Waals surface area contributed by atoms with Gasteiger partial charge in [0.2, 0.25) is 0 Å². The lowest BCUT2D eigenvalue weighted by Gasteiger charge is -1.97. The fourth-order valence-corrected chi connectivity index (χ4v) is 0.966. The van der Waals surface area contributed by atoms with Gasteiger partial charge in [0.15, 0.2) is 5.78 Å². The number of rotatable bonds is 3. The Hall–Kier alpha value is -1.62. The summed E-state index contributed by atoms with van der Waals surface area (Å²) in [5.74, 6) is 2.00. The fraction of sp³-hybridized carbons (Fsp3) is 0.182. The molecule has 1 rings (SSSR count). The van der Waals surface area contributed by atoms with Crippen molar-refractivity contribution in [3.8, 4) is 12.3 Å². The Balaban J connectivity index is 2.68. The highest BCUT2D eigenvalue weighted by atomic mass is 19.1.